The normalized spacial score (nSPS) is 19.8. The van der Waals surface area contributed by atoms with Crippen molar-refractivity contribution in [3.63, 3.8) is 0 Å². The number of nitrogens with zero attached hydrogens (tertiary/aromatic N) is 3. The van der Waals surface area contributed by atoms with Crippen molar-refractivity contribution in [2.24, 2.45) is 0 Å². The number of nitrogens with one attached hydrogen (secondary N) is 1. The monoisotopic (exact) mass is 420 g/mol. The van der Waals surface area contributed by atoms with Crippen LogP contribution in [-0.4, -0.2) is 59.0 Å². The highest BCUT2D eigenvalue weighted by Crippen LogP contribution is 2.26. The molecular formula is C24H28N4O3. The van der Waals surface area contributed by atoms with Crippen LogP contribution in [0.15, 0.2) is 54.6 Å². The van der Waals surface area contributed by atoms with Crippen molar-refractivity contribution in [1.82, 2.24) is 15.4 Å². The number of para-hydroxylation sites is 1. The number of carbonyl (C=O) groups is 2. The molecule has 1 saturated heterocycles. The van der Waals surface area contributed by atoms with Gasteiger partial charge in [0.2, 0.25) is 0 Å². The summed E-state index contributed by atoms with van der Waals surface area (Å²) in [5.41, 5.74) is 4.28. The number of pyridine rings is 1. The number of likely N-dealkylation sites (N-methyl/N-ethyl adjacent to an activating group) is 1. The van der Waals surface area contributed by atoms with E-state index in [1.807, 2.05) is 24.3 Å². The molecule has 7 heteroatoms. The molecule has 0 bridgehead atoms. The molecule has 2 heterocycles. The quantitative estimate of drug-likeness (QED) is 0.323. The summed E-state index contributed by atoms with van der Waals surface area (Å²) in [4.78, 5) is 33.1. The average Bonchev–Trinajstić information content (AvgIpc) is 2.79. The van der Waals surface area contributed by atoms with Crippen LogP contribution in [0.25, 0.3) is 12.2 Å². The first kappa shape index (κ1) is 22.4. The number of rotatable bonds is 6. The minimum absolute atomic E-state index is 0.0859. The molecule has 2 atom stereocenters. The van der Waals surface area contributed by atoms with Gasteiger partial charge in [-0.15, -0.1) is 0 Å². The molecule has 1 aliphatic rings. The Bertz CT molecular complexity index is 990. The molecule has 1 aliphatic heterocycles. The Labute approximate surface area is 182 Å². The molecule has 31 heavy (non-hydrogen) atoms. The minimum atomic E-state index is -0.637. The van der Waals surface area contributed by atoms with Gasteiger partial charge in [0.15, 0.2) is 5.78 Å². The van der Waals surface area contributed by atoms with E-state index in [-0.39, 0.29) is 5.78 Å². The van der Waals surface area contributed by atoms with Gasteiger partial charge < -0.3 is 4.90 Å². The minimum Gasteiger partial charge on any atom is -0.368 e. The van der Waals surface area contributed by atoms with Crippen molar-refractivity contribution in [2.75, 3.05) is 25.0 Å². The Morgan fingerprint density at radius 1 is 1.00 bits per heavy atom. The van der Waals surface area contributed by atoms with E-state index >= 15 is 0 Å². The van der Waals surface area contributed by atoms with Crippen molar-refractivity contribution in [2.45, 2.75) is 25.9 Å². The van der Waals surface area contributed by atoms with Crippen molar-refractivity contribution in [3.05, 3.63) is 71.6 Å². The van der Waals surface area contributed by atoms with Crippen LogP contribution in [0.4, 0.5) is 5.69 Å². The van der Waals surface area contributed by atoms with Gasteiger partial charge in [-0.25, -0.2) is 10.5 Å². The van der Waals surface area contributed by atoms with Crippen molar-refractivity contribution in [3.8, 4) is 0 Å². The van der Waals surface area contributed by atoms with Crippen LogP contribution in [0.2, 0.25) is 0 Å². The number of benzene rings is 1. The highest BCUT2D eigenvalue weighted by atomic mass is 16.5. The lowest BCUT2D eigenvalue weighted by Gasteiger charge is -2.44. The summed E-state index contributed by atoms with van der Waals surface area (Å²) in [5.74, 6) is -0.723. The zero-order valence-corrected chi connectivity index (χ0v) is 18.0. The maximum Gasteiger partial charge on any atom is 0.267 e. The van der Waals surface area contributed by atoms with Crippen LogP contribution >= 0.6 is 0 Å². The van der Waals surface area contributed by atoms with Crippen LogP contribution in [0.1, 0.15) is 35.6 Å². The number of ketones is 1. The second-order valence-corrected chi connectivity index (χ2v) is 7.78. The third-order valence-corrected chi connectivity index (χ3v) is 5.58. The van der Waals surface area contributed by atoms with E-state index in [2.05, 4.69) is 35.7 Å². The smallest absolute Gasteiger partial charge is 0.267 e. The summed E-state index contributed by atoms with van der Waals surface area (Å²) >= 11 is 0. The summed E-state index contributed by atoms with van der Waals surface area (Å²) in [5, 5.41) is 8.55. The zero-order valence-electron chi connectivity index (χ0n) is 18.0. The molecule has 0 spiro atoms. The Hall–Kier alpha value is -3.29. The fraction of sp³-hybridized carbons (Fsp3) is 0.292. The van der Waals surface area contributed by atoms with Crippen molar-refractivity contribution >= 4 is 29.5 Å². The molecule has 3 rings (SSSR count). The predicted molar refractivity (Wildman–Crippen MR) is 122 cm³/mol. The molecule has 1 amide bonds. The van der Waals surface area contributed by atoms with Gasteiger partial charge >= 0.3 is 0 Å². The van der Waals surface area contributed by atoms with Gasteiger partial charge in [0, 0.05) is 42.5 Å². The molecule has 0 aliphatic carbocycles. The molecule has 7 nitrogen and oxygen atoms in total. The average molecular weight is 421 g/mol. The van der Waals surface area contributed by atoms with E-state index in [0.717, 1.165) is 18.8 Å². The second-order valence-electron chi connectivity index (χ2n) is 7.78. The lowest BCUT2D eigenvalue weighted by atomic mass is 10.0. The first-order valence-corrected chi connectivity index (χ1v) is 10.3. The van der Waals surface area contributed by atoms with Gasteiger partial charge in [0.1, 0.15) is 0 Å². The van der Waals surface area contributed by atoms with E-state index < -0.39 is 5.91 Å². The van der Waals surface area contributed by atoms with E-state index in [1.54, 1.807) is 24.3 Å². The van der Waals surface area contributed by atoms with Crippen molar-refractivity contribution in [1.29, 1.82) is 0 Å². The number of amides is 1. The highest BCUT2D eigenvalue weighted by Gasteiger charge is 2.28. The molecule has 162 valence electrons. The fourth-order valence-electron chi connectivity index (χ4n) is 3.66. The van der Waals surface area contributed by atoms with Crippen LogP contribution in [0, 0.1) is 0 Å². The SMILES string of the molecule is C[C@@H]1CN(c2ccccc2C(=O)/C=C/c2cccc(/C=C/C(=O)NO)n2)C[C@H](C)N1C. The maximum absolute atomic E-state index is 13.0. The van der Waals surface area contributed by atoms with E-state index in [0.29, 0.717) is 29.0 Å². The maximum atomic E-state index is 13.0. The topological polar surface area (TPSA) is 85.8 Å². The number of hydrogen-bond acceptors (Lipinski definition) is 6. The van der Waals surface area contributed by atoms with Crippen LogP contribution in [0.5, 0.6) is 0 Å². The summed E-state index contributed by atoms with van der Waals surface area (Å²) in [6, 6.07) is 13.8. The summed E-state index contributed by atoms with van der Waals surface area (Å²) in [6.45, 7) is 6.13. The largest absolute Gasteiger partial charge is 0.368 e. The first-order chi connectivity index (χ1) is 14.9. The van der Waals surface area contributed by atoms with Crippen LogP contribution in [-0.2, 0) is 4.79 Å². The second kappa shape index (κ2) is 10.1. The lowest BCUT2D eigenvalue weighted by Crippen LogP contribution is -2.55. The molecule has 1 fully saturated rings. The van der Waals surface area contributed by atoms with Gasteiger partial charge in [-0.3, -0.25) is 19.7 Å². The third kappa shape index (κ3) is 5.65. The Kier molecular flexibility index (Phi) is 7.33. The van der Waals surface area contributed by atoms with Gasteiger partial charge in [-0.1, -0.05) is 18.2 Å². The molecular weight excluding hydrogens is 392 g/mol. The first-order valence-electron chi connectivity index (χ1n) is 10.3. The molecule has 0 unspecified atom stereocenters. The number of hydrogen-bond donors (Lipinski definition) is 2. The summed E-state index contributed by atoms with van der Waals surface area (Å²) < 4.78 is 0. The molecule has 1 aromatic carbocycles. The number of anilines is 1. The highest BCUT2D eigenvalue weighted by molar-refractivity contribution is 6.10. The fourth-order valence-corrected chi connectivity index (χ4v) is 3.66. The van der Waals surface area contributed by atoms with Gasteiger partial charge in [-0.2, -0.15) is 0 Å². The Morgan fingerprint density at radius 2 is 1.61 bits per heavy atom. The molecule has 0 saturated carbocycles. The Morgan fingerprint density at radius 3 is 2.26 bits per heavy atom. The summed E-state index contributed by atoms with van der Waals surface area (Å²) in [6.07, 6.45) is 5.85. The zero-order chi connectivity index (χ0) is 22.4. The van der Waals surface area contributed by atoms with E-state index in [4.69, 9.17) is 5.21 Å². The van der Waals surface area contributed by atoms with Gasteiger partial charge in [0.25, 0.3) is 5.91 Å². The third-order valence-electron chi connectivity index (χ3n) is 5.58. The number of carbonyl (C=O) groups excluding carboxylic acids is 2. The number of piperazine rings is 1. The van der Waals surface area contributed by atoms with E-state index in [9.17, 15) is 9.59 Å². The number of allylic oxidation sites excluding steroid dienone is 1. The molecule has 0 radical (unpaired) electrons. The molecule has 2 aromatic rings. The Balaban J connectivity index is 1.78. The predicted octanol–water partition coefficient (Wildman–Crippen LogP) is 3.03. The number of hydroxylamine groups is 1. The number of aromatic nitrogens is 1. The summed E-state index contributed by atoms with van der Waals surface area (Å²) in [7, 11) is 2.14. The molecule has 1 aromatic heterocycles. The van der Waals surface area contributed by atoms with E-state index in [1.165, 1.54) is 23.7 Å². The van der Waals surface area contributed by atoms with Gasteiger partial charge in [0.05, 0.1) is 11.4 Å². The van der Waals surface area contributed by atoms with Crippen LogP contribution in [0.3, 0.4) is 0 Å². The van der Waals surface area contributed by atoms with Crippen molar-refractivity contribution < 1.29 is 14.8 Å². The standard InChI is InChI=1S/C24H28N4O3/c1-17-15-28(16-18(2)27(17)3)22-10-5-4-9-21(22)23(29)13-11-19-7-6-8-20(25-19)12-14-24(30)26-31/h4-14,17-18,31H,15-16H2,1-3H3,(H,26,30)/b13-11+,14-12+/t17-,18+. The van der Waals surface area contributed by atoms with Gasteiger partial charge in [-0.05, 0) is 63.4 Å². The lowest BCUT2D eigenvalue weighted by molar-refractivity contribution is -0.124. The van der Waals surface area contributed by atoms with Crippen LogP contribution < -0.4 is 10.4 Å². The molecule has 2 N–H and O–H groups in total.